The van der Waals surface area contributed by atoms with Crippen molar-refractivity contribution in [1.29, 1.82) is 0 Å². The summed E-state index contributed by atoms with van der Waals surface area (Å²) < 4.78 is 0. The lowest BCUT2D eigenvalue weighted by Crippen LogP contribution is -2.50. The van der Waals surface area contributed by atoms with Crippen LogP contribution < -0.4 is 10.2 Å². The molecule has 3 rings (SSSR count). The molecule has 144 valence electrons. The van der Waals surface area contributed by atoms with E-state index in [4.69, 9.17) is 11.6 Å². The number of rotatable bonds is 4. The summed E-state index contributed by atoms with van der Waals surface area (Å²) in [6, 6.07) is 16.2. The smallest absolute Gasteiger partial charge is 0.241 e. The van der Waals surface area contributed by atoms with E-state index in [9.17, 15) is 4.79 Å². The van der Waals surface area contributed by atoms with Crippen molar-refractivity contribution in [3.05, 3.63) is 59.1 Å². The van der Waals surface area contributed by atoms with Crippen molar-refractivity contribution in [2.75, 3.05) is 42.9 Å². The number of nitrogens with zero attached hydrogens (tertiary/aromatic N) is 2. The highest BCUT2D eigenvalue weighted by Crippen LogP contribution is 2.23. The third-order valence-electron chi connectivity index (χ3n) is 5.00. The van der Waals surface area contributed by atoms with E-state index >= 15 is 0 Å². The van der Waals surface area contributed by atoms with E-state index in [1.807, 2.05) is 35.2 Å². The molecule has 0 aromatic heterocycles. The van der Waals surface area contributed by atoms with E-state index < -0.39 is 0 Å². The number of amides is 1. The van der Waals surface area contributed by atoms with Gasteiger partial charge >= 0.3 is 0 Å². The molecule has 0 atom stereocenters. The highest BCUT2D eigenvalue weighted by molar-refractivity contribution is 6.30. The molecule has 5 heteroatoms. The van der Waals surface area contributed by atoms with Crippen molar-refractivity contribution >= 4 is 28.9 Å². The van der Waals surface area contributed by atoms with Crippen LogP contribution in [0, 0.1) is 0 Å². The minimum Gasteiger partial charge on any atom is -0.376 e. The van der Waals surface area contributed by atoms with E-state index in [-0.39, 0.29) is 11.3 Å². The molecule has 1 aliphatic heterocycles. The Bertz CT molecular complexity index is 775. The normalized spacial score (nSPS) is 15.0. The molecule has 0 radical (unpaired) electrons. The number of carbonyl (C=O) groups is 1. The van der Waals surface area contributed by atoms with Gasteiger partial charge in [-0.2, -0.15) is 0 Å². The van der Waals surface area contributed by atoms with Crippen molar-refractivity contribution < 1.29 is 4.79 Å². The van der Waals surface area contributed by atoms with E-state index in [1.165, 1.54) is 5.56 Å². The Morgan fingerprint density at radius 3 is 2.30 bits per heavy atom. The zero-order valence-electron chi connectivity index (χ0n) is 16.3. The first-order valence-corrected chi connectivity index (χ1v) is 9.83. The standard InChI is InChI=1S/C22H28ClN3O/c1-22(2,3)17-7-9-19(10-8-17)24-16-21(27)26-13-11-25(12-14-26)20-6-4-5-18(23)15-20/h4-10,15,24H,11-14,16H2,1-3H3. The van der Waals surface area contributed by atoms with Crippen LogP contribution in [0.25, 0.3) is 0 Å². The summed E-state index contributed by atoms with van der Waals surface area (Å²) in [5.74, 6) is 0.139. The number of benzene rings is 2. The molecule has 4 nitrogen and oxygen atoms in total. The first kappa shape index (κ1) is 19.6. The summed E-state index contributed by atoms with van der Waals surface area (Å²) in [6.45, 7) is 10.0. The van der Waals surface area contributed by atoms with Gasteiger partial charge in [-0.1, -0.05) is 50.6 Å². The Hall–Kier alpha value is -2.20. The second kappa shape index (κ2) is 8.22. The Labute approximate surface area is 167 Å². The molecule has 0 saturated carbocycles. The van der Waals surface area contributed by atoms with Crippen molar-refractivity contribution in [2.45, 2.75) is 26.2 Å². The molecule has 1 fully saturated rings. The average Bonchev–Trinajstić information content (AvgIpc) is 2.66. The third kappa shape index (κ3) is 5.16. The number of nitrogens with one attached hydrogen (secondary N) is 1. The lowest BCUT2D eigenvalue weighted by molar-refractivity contribution is -0.129. The fourth-order valence-electron chi connectivity index (χ4n) is 3.26. The van der Waals surface area contributed by atoms with Crippen molar-refractivity contribution in [1.82, 2.24) is 4.90 Å². The molecule has 27 heavy (non-hydrogen) atoms. The predicted molar refractivity (Wildman–Crippen MR) is 114 cm³/mol. The topological polar surface area (TPSA) is 35.6 Å². The van der Waals surface area contributed by atoms with Gasteiger partial charge in [0.05, 0.1) is 6.54 Å². The SMILES string of the molecule is CC(C)(C)c1ccc(NCC(=O)N2CCN(c3cccc(Cl)c3)CC2)cc1. The Kier molecular flexibility index (Phi) is 5.95. The monoisotopic (exact) mass is 385 g/mol. The van der Waals surface area contributed by atoms with Crippen molar-refractivity contribution in [3.8, 4) is 0 Å². The number of anilines is 2. The maximum atomic E-state index is 12.5. The van der Waals surface area contributed by atoms with Gasteiger partial charge in [-0.3, -0.25) is 4.79 Å². The van der Waals surface area contributed by atoms with Gasteiger partial charge in [-0.15, -0.1) is 0 Å². The van der Waals surface area contributed by atoms with Gasteiger partial charge in [0.25, 0.3) is 0 Å². The van der Waals surface area contributed by atoms with Crippen LogP contribution in [0.2, 0.25) is 5.02 Å². The second-order valence-electron chi connectivity index (χ2n) is 8.03. The number of carbonyl (C=O) groups excluding carboxylic acids is 1. The van der Waals surface area contributed by atoms with Gasteiger partial charge in [0, 0.05) is 42.6 Å². The Balaban J connectivity index is 1.48. The van der Waals surface area contributed by atoms with Crippen LogP contribution >= 0.6 is 11.6 Å². The van der Waals surface area contributed by atoms with E-state index in [1.54, 1.807) is 0 Å². The molecule has 0 aliphatic carbocycles. The van der Waals surface area contributed by atoms with Crippen LogP contribution in [0.1, 0.15) is 26.3 Å². The zero-order chi connectivity index (χ0) is 19.4. The van der Waals surface area contributed by atoms with Crippen LogP contribution in [0.5, 0.6) is 0 Å². The Morgan fingerprint density at radius 2 is 1.70 bits per heavy atom. The molecule has 1 aliphatic rings. The molecule has 0 bridgehead atoms. The van der Waals surface area contributed by atoms with E-state index in [0.29, 0.717) is 6.54 Å². The van der Waals surface area contributed by atoms with Crippen molar-refractivity contribution in [2.24, 2.45) is 0 Å². The number of piperazine rings is 1. The maximum Gasteiger partial charge on any atom is 0.241 e. The largest absolute Gasteiger partial charge is 0.376 e. The Morgan fingerprint density at radius 1 is 1.04 bits per heavy atom. The lowest BCUT2D eigenvalue weighted by atomic mass is 9.87. The molecular formula is C22H28ClN3O. The predicted octanol–water partition coefficient (Wildman–Crippen LogP) is 4.40. The quantitative estimate of drug-likeness (QED) is 0.847. The average molecular weight is 386 g/mol. The molecule has 0 unspecified atom stereocenters. The third-order valence-corrected chi connectivity index (χ3v) is 5.24. The minimum atomic E-state index is 0.136. The van der Waals surface area contributed by atoms with Crippen molar-refractivity contribution in [3.63, 3.8) is 0 Å². The lowest BCUT2D eigenvalue weighted by Gasteiger charge is -2.36. The van der Waals surface area contributed by atoms with Crippen LogP contribution in [-0.2, 0) is 10.2 Å². The first-order chi connectivity index (χ1) is 12.8. The first-order valence-electron chi connectivity index (χ1n) is 9.46. The van der Waals surface area contributed by atoms with Crippen LogP contribution in [0.3, 0.4) is 0 Å². The van der Waals surface area contributed by atoms with Gasteiger partial charge < -0.3 is 15.1 Å². The van der Waals surface area contributed by atoms with Gasteiger partial charge in [0.2, 0.25) is 5.91 Å². The van der Waals surface area contributed by atoms with Gasteiger partial charge in [-0.25, -0.2) is 0 Å². The van der Waals surface area contributed by atoms with E-state index in [2.05, 4.69) is 49.2 Å². The van der Waals surface area contributed by atoms with Crippen LogP contribution in [-0.4, -0.2) is 43.5 Å². The number of hydrogen-bond donors (Lipinski definition) is 1. The molecule has 1 amide bonds. The van der Waals surface area contributed by atoms with Gasteiger partial charge in [0.15, 0.2) is 0 Å². The number of hydrogen-bond acceptors (Lipinski definition) is 3. The molecule has 1 N–H and O–H groups in total. The summed E-state index contributed by atoms with van der Waals surface area (Å²) in [7, 11) is 0. The minimum absolute atomic E-state index is 0.136. The van der Waals surface area contributed by atoms with E-state index in [0.717, 1.165) is 42.6 Å². The highest BCUT2D eigenvalue weighted by Gasteiger charge is 2.21. The summed E-state index contributed by atoms with van der Waals surface area (Å²) in [5.41, 5.74) is 3.52. The highest BCUT2D eigenvalue weighted by atomic mass is 35.5. The second-order valence-corrected chi connectivity index (χ2v) is 8.47. The summed E-state index contributed by atoms with van der Waals surface area (Å²) in [6.07, 6.45) is 0. The summed E-state index contributed by atoms with van der Waals surface area (Å²) in [5, 5.41) is 3.99. The zero-order valence-corrected chi connectivity index (χ0v) is 17.1. The fourth-order valence-corrected chi connectivity index (χ4v) is 3.45. The van der Waals surface area contributed by atoms with Gasteiger partial charge in [-0.05, 0) is 41.3 Å². The molecule has 2 aromatic carbocycles. The molecule has 0 spiro atoms. The summed E-state index contributed by atoms with van der Waals surface area (Å²) >= 11 is 6.08. The van der Waals surface area contributed by atoms with Crippen LogP contribution in [0.4, 0.5) is 11.4 Å². The molecule has 1 saturated heterocycles. The molecule has 2 aromatic rings. The summed E-state index contributed by atoms with van der Waals surface area (Å²) in [4.78, 5) is 16.7. The molecule has 1 heterocycles. The van der Waals surface area contributed by atoms with Crippen LogP contribution in [0.15, 0.2) is 48.5 Å². The van der Waals surface area contributed by atoms with Gasteiger partial charge in [0.1, 0.15) is 0 Å². The fraction of sp³-hybridized carbons (Fsp3) is 0.409. The molecular weight excluding hydrogens is 358 g/mol. The number of halogens is 1. The maximum absolute atomic E-state index is 12.5.